The molecule has 1 N–H and O–H groups in total. The first-order chi connectivity index (χ1) is 11.7. The number of nitrogens with one attached hydrogen (secondary N) is 1. The second-order valence-electron chi connectivity index (χ2n) is 5.72. The van der Waals surface area contributed by atoms with Crippen LogP contribution in [0.5, 0.6) is 5.75 Å². The molecule has 0 amide bonds. The molecule has 5 heteroatoms. The van der Waals surface area contributed by atoms with Crippen molar-refractivity contribution in [2.45, 2.75) is 26.9 Å². The first-order valence-electron chi connectivity index (χ1n) is 8.11. The van der Waals surface area contributed by atoms with Crippen molar-refractivity contribution in [2.24, 2.45) is 0 Å². The van der Waals surface area contributed by atoms with Gasteiger partial charge in [-0.05, 0) is 69.3 Å². The van der Waals surface area contributed by atoms with Crippen LogP contribution in [0.15, 0.2) is 53.1 Å². The highest BCUT2D eigenvalue weighted by Gasteiger charge is 2.11. The second-order valence-corrected chi connectivity index (χ2v) is 5.72. The van der Waals surface area contributed by atoms with E-state index >= 15 is 0 Å². The monoisotopic (exact) mass is 323 g/mol. The molecule has 0 aliphatic carbocycles. The molecule has 0 spiro atoms. The van der Waals surface area contributed by atoms with Crippen LogP contribution in [0.1, 0.15) is 20.8 Å². The van der Waals surface area contributed by atoms with Gasteiger partial charge in [-0.25, -0.2) is 0 Å². The van der Waals surface area contributed by atoms with E-state index in [4.69, 9.17) is 9.26 Å². The summed E-state index contributed by atoms with van der Waals surface area (Å²) in [5.74, 6) is 1.91. The van der Waals surface area contributed by atoms with E-state index in [2.05, 4.69) is 22.4 Å². The van der Waals surface area contributed by atoms with E-state index in [1.165, 1.54) is 0 Å². The molecule has 1 aromatic heterocycles. The van der Waals surface area contributed by atoms with Gasteiger partial charge < -0.3 is 14.6 Å². The highest BCUT2D eigenvalue weighted by molar-refractivity contribution is 5.62. The lowest BCUT2D eigenvalue weighted by atomic mass is 10.2. The van der Waals surface area contributed by atoms with Crippen molar-refractivity contribution < 1.29 is 9.26 Å². The summed E-state index contributed by atoms with van der Waals surface area (Å²) in [6.07, 6.45) is 0.151. The molecular weight excluding hydrogens is 302 g/mol. The van der Waals surface area contributed by atoms with Crippen LogP contribution >= 0.6 is 0 Å². The number of aromatic nitrogens is 2. The highest BCUT2D eigenvalue weighted by Crippen LogP contribution is 2.25. The van der Waals surface area contributed by atoms with E-state index in [1.54, 1.807) is 0 Å². The molecular formula is C19H21N3O2. The van der Waals surface area contributed by atoms with Crippen molar-refractivity contribution in [1.82, 2.24) is 10.1 Å². The zero-order chi connectivity index (χ0) is 16.9. The summed E-state index contributed by atoms with van der Waals surface area (Å²) < 4.78 is 11.0. The second kappa shape index (κ2) is 7.17. The van der Waals surface area contributed by atoms with Gasteiger partial charge in [-0.1, -0.05) is 5.16 Å². The Bertz CT molecular complexity index is 777. The number of rotatable bonds is 6. The van der Waals surface area contributed by atoms with Gasteiger partial charge in [0.05, 0.1) is 6.10 Å². The quantitative estimate of drug-likeness (QED) is 0.717. The van der Waals surface area contributed by atoms with Crippen LogP contribution < -0.4 is 10.1 Å². The Morgan fingerprint density at radius 1 is 1.00 bits per heavy atom. The van der Waals surface area contributed by atoms with Gasteiger partial charge >= 0.3 is 0 Å². The highest BCUT2D eigenvalue weighted by atomic mass is 16.5. The third kappa shape index (κ3) is 3.74. The lowest BCUT2D eigenvalue weighted by Gasteiger charge is -2.09. The maximum atomic E-state index is 5.64. The van der Waals surface area contributed by atoms with Crippen LogP contribution in [0.2, 0.25) is 0 Å². The van der Waals surface area contributed by atoms with Gasteiger partial charge in [0.25, 0.3) is 5.89 Å². The van der Waals surface area contributed by atoms with E-state index in [9.17, 15) is 0 Å². The third-order valence-electron chi connectivity index (χ3n) is 3.42. The van der Waals surface area contributed by atoms with Gasteiger partial charge in [-0.2, -0.15) is 4.98 Å². The molecule has 0 fully saturated rings. The van der Waals surface area contributed by atoms with Gasteiger partial charge in [0.15, 0.2) is 0 Å². The molecule has 0 aliphatic heterocycles. The maximum absolute atomic E-state index is 5.64. The summed E-state index contributed by atoms with van der Waals surface area (Å²) in [4.78, 5) is 4.48. The summed E-state index contributed by atoms with van der Waals surface area (Å²) in [5, 5.41) is 7.33. The molecule has 5 nitrogen and oxygen atoms in total. The predicted octanol–water partition coefficient (Wildman–Crippen LogP) is 4.62. The van der Waals surface area contributed by atoms with Crippen molar-refractivity contribution in [2.75, 3.05) is 11.9 Å². The predicted molar refractivity (Wildman–Crippen MR) is 95.1 cm³/mol. The number of hydrogen-bond donors (Lipinski definition) is 1. The smallest absolute Gasteiger partial charge is 0.258 e. The van der Waals surface area contributed by atoms with E-state index < -0.39 is 0 Å². The average molecular weight is 323 g/mol. The van der Waals surface area contributed by atoms with Crippen LogP contribution in [0.4, 0.5) is 5.69 Å². The van der Waals surface area contributed by atoms with E-state index in [-0.39, 0.29) is 6.10 Å². The summed E-state index contributed by atoms with van der Waals surface area (Å²) >= 11 is 0. The first kappa shape index (κ1) is 16.1. The number of hydrogen-bond acceptors (Lipinski definition) is 5. The summed E-state index contributed by atoms with van der Waals surface area (Å²) in [7, 11) is 0. The number of ether oxygens (including phenoxy) is 1. The Hall–Kier alpha value is -2.82. The van der Waals surface area contributed by atoms with Crippen LogP contribution in [0, 0.1) is 0 Å². The molecule has 124 valence electrons. The maximum Gasteiger partial charge on any atom is 0.258 e. The minimum absolute atomic E-state index is 0.151. The van der Waals surface area contributed by atoms with Gasteiger partial charge in [-0.3, -0.25) is 0 Å². The molecule has 1 heterocycles. The van der Waals surface area contributed by atoms with Crippen LogP contribution in [-0.4, -0.2) is 22.8 Å². The largest absolute Gasteiger partial charge is 0.491 e. The molecule has 0 saturated carbocycles. The number of anilines is 1. The minimum atomic E-state index is 0.151. The van der Waals surface area contributed by atoms with Gasteiger partial charge in [-0.15, -0.1) is 0 Å². The van der Waals surface area contributed by atoms with E-state index in [0.717, 1.165) is 29.1 Å². The Morgan fingerprint density at radius 3 is 2.29 bits per heavy atom. The Morgan fingerprint density at radius 2 is 1.67 bits per heavy atom. The normalized spacial score (nSPS) is 10.8. The molecule has 0 aliphatic rings. The van der Waals surface area contributed by atoms with Crippen molar-refractivity contribution in [1.29, 1.82) is 0 Å². The topological polar surface area (TPSA) is 60.2 Å². The van der Waals surface area contributed by atoms with Gasteiger partial charge in [0.1, 0.15) is 5.75 Å². The first-order valence-corrected chi connectivity index (χ1v) is 8.11. The van der Waals surface area contributed by atoms with Crippen LogP contribution in [-0.2, 0) is 0 Å². The molecule has 0 bridgehead atoms. The average Bonchev–Trinajstić information content (AvgIpc) is 3.06. The van der Waals surface area contributed by atoms with Crippen LogP contribution in [0.3, 0.4) is 0 Å². The Balaban J connectivity index is 1.77. The van der Waals surface area contributed by atoms with Crippen molar-refractivity contribution in [3.63, 3.8) is 0 Å². The van der Waals surface area contributed by atoms with Crippen molar-refractivity contribution in [3.8, 4) is 28.6 Å². The number of benzene rings is 2. The molecule has 2 aromatic carbocycles. The summed E-state index contributed by atoms with van der Waals surface area (Å²) in [5.41, 5.74) is 2.86. The standard InChI is InChI=1S/C19H21N3O2/c1-4-20-16-9-5-15(6-10-16)19-21-18(22-24-19)14-7-11-17(12-8-14)23-13(2)3/h5-13,20H,4H2,1-3H3. The van der Waals surface area contributed by atoms with Crippen LogP contribution in [0.25, 0.3) is 22.8 Å². The third-order valence-corrected chi connectivity index (χ3v) is 3.42. The van der Waals surface area contributed by atoms with Crippen molar-refractivity contribution >= 4 is 5.69 Å². The minimum Gasteiger partial charge on any atom is -0.491 e. The Labute approximate surface area is 141 Å². The lowest BCUT2D eigenvalue weighted by Crippen LogP contribution is -2.05. The molecule has 0 unspecified atom stereocenters. The summed E-state index contributed by atoms with van der Waals surface area (Å²) in [6.45, 7) is 6.96. The molecule has 3 rings (SSSR count). The lowest BCUT2D eigenvalue weighted by molar-refractivity contribution is 0.242. The van der Waals surface area contributed by atoms with Gasteiger partial charge in [0.2, 0.25) is 5.82 Å². The van der Waals surface area contributed by atoms with Crippen molar-refractivity contribution in [3.05, 3.63) is 48.5 Å². The Kier molecular flexibility index (Phi) is 4.79. The molecule has 0 radical (unpaired) electrons. The molecule has 0 atom stereocenters. The molecule has 0 saturated heterocycles. The van der Waals surface area contributed by atoms with E-state index in [1.807, 2.05) is 62.4 Å². The van der Waals surface area contributed by atoms with Gasteiger partial charge in [0, 0.05) is 23.4 Å². The van der Waals surface area contributed by atoms with E-state index in [0.29, 0.717) is 11.7 Å². The fourth-order valence-corrected chi connectivity index (χ4v) is 2.35. The fourth-order valence-electron chi connectivity index (χ4n) is 2.35. The SMILES string of the molecule is CCNc1ccc(-c2nc(-c3ccc(OC(C)C)cc3)no2)cc1. The molecule has 3 aromatic rings. The zero-order valence-electron chi connectivity index (χ0n) is 14.1. The fraction of sp³-hybridized carbons (Fsp3) is 0.263. The summed E-state index contributed by atoms with van der Waals surface area (Å²) in [6, 6.07) is 15.6. The number of nitrogens with zero attached hydrogens (tertiary/aromatic N) is 2. The zero-order valence-corrected chi connectivity index (χ0v) is 14.1. The molecule has 24 heavy (non-hydrogen) atoms.